The van der Waals surface area contributed by atoms with Crippen LogP contribution in [-0.2, 0) is 0 Å². The van der Waals surface area contributed by atoms with Gasteiger partial charge in [-0.25, -0.2) is 9.78 Å². The van der Waals surface area contributed by atoms with Crippen LogP contribution >= 0.6 is 0 Å². The summed E-state index contributed by atoms with van der Waals surface area (Å²) < 4.78 is 0. The Kier molecular flexibility index (Phi) is 2.16. The van der Waals surface area contributed by atoms with Gasteiger partial charge in [0.05, 0.1) is 5.52 Å². The van der Waals surface area contributed by atoms with Gasteiger partial charge in [0.1, 0.15) is 0 Å². The van der Waals surface area contributed by atoms with Crippen LogP contribution in [0.1, 0.15) is 10.5 Å². The first-order chi connectivity index (χ1) is 8.66. The molecule has 0 radical (unpaired) electrons. The molecule has 88 valence electrons. The molecular weight excluding hydrogens is 228 g/mol. The van der Waals surface area contributed by atoms with Crippen molar-refractivity contribution in [2.24, 2.45) is 0 Å². The lowest BCUT2D eigenvalue weighted by Crippen LogP contribution is -2.02. The minimum absolute atomic E-state index is 0.0380. The fraction of sp³-hybridized carbons (Fsp3) is 0. The third kappa shape index (κ3) is 1.47. The molecule has 2 aromatic carbocycles. The summed E-state index contributed by atoms with van der Waals surface area (Å²) >= 11 is 0. The summed E-state index contributed by atoms with van der Waals surface area (Å²) in [6.07, 6.45) is 0. The molecule has 0 saturated carbocycles. The topological polar surface area (TPSA) is 76.2 Å². The van der Waals surface area contributed by atoms with Gasteiger partial charge in [-0.3, -0.25) is 0 Å². The molecular formula is C14H10N2O2. The van der Waals surface area contributed by atoms with Crippen molar-refractivity contribution in [1.82, 2.24) is 4.98 Å². The fourth-order valence-electron chi connectivity index (χ4n) is 2.14. The van der Waals surface area contributed by atoms with Crippen molar-refractivity contribution in [1.29, 1.82) is 0 Å². The molecule has 0 amide bonds. The number of hydrogen-bond acceptors (Lipinski definition) is 3. The normalized spacial score (nSPS) is 10.9. The largest absolute Gasteiger partial charge is 0.476 e. The van der Waals surface area contributed by atoms with E-state index in [1.165, 1.54) is 0 Å². The van der Waals surface area contributed by atoms with Gasteiger partial charge in [0.2, 0.25) is 0 Å². The number of anilines is 1. The number of aromatic nitrogens is 1. The highest BCUT2D eigenvalue weighted by molar-refractivity contribution is 6.13. The van der Waals surface area contributed by atoms with E-state index in [-0.39, 0.29) is 5.69 Å². The Morgan fingerprint density at radius 2 is 1.83 bits per heavy atom. The molecule has 18 heavy (non-hydrogen) atoms. The second-order valence-corrected chi connectivity index (χ2v) is 4.09. The van der Waals surface area contributed by atoms with Gasteiger partial charge < -0.3 is 10.8 Å². The molecule has 0 aliphatic carbocycles. The maximum atomic E-state index is 11.3. The Balaban J connectivity index is 2.58. The van der Waals surface area contributed by atoms with E-state index in [1.54, 1.807) is 18.2 Å². The van der Waals surface area contributed by atoms with Crippen LogP contribution in [0.15, 0.2) is 42.5 Å². The van der Waals surface area contributed by atoms with Crippen LogP contribution < -0.4 is 5.73 Å². The molecule has 0 bridgehead atoms. The van der Waals surface area contributed by atoms with Crippen LogP contribution in [0.5, 0.6) is 0 Å². The number of nitrogens with two attached hydrogens (primary N) is 1. The summed E-state index contributed by atoms with van der Waals surface area (Å²) in [4.78, 5) is 15.5. The zero-order chi connectivity index (χ0) is 12.7. The number of aromatic carboxylic acids is 1. The van der Waals surface area contributed by atoms with Crippen molar-refractivity contribution in [2.75, 3.05) is 5.73 Å². The molecule has 0 unspecified atom stereocenters. The number of pyridine rings is 1. The molecule has 0 aliphatic heterocycles. The van der Waals surface area contributed by atoms with Crippen LogP contribution in [0, 0.1) is 0 Å². The number of fused-ring (bicyclic) bond motifs is 3. The highest BCUT2D eigenvalue weighted by atomic mass is 16.4. The monoisotopic (exact) mass is 238 g/mol. The number of rotatable bonds is 1. The standard InChI is InChI=1S/C14H10N2O2/c15-8-5-6-9-10-3-1-2-4-12(10)16-13(14(17)18)11(9)7-8/h1-7H,15H2,(H,17,18). The fourth-order valence-corrected chi connectivity index (χ4v) is 2.14. The maximum absolute atomic E-state index is 11.3. The summed E-state index contributed by atoms with van der Waals surface area (Å²) in [6, 6.07) is 12.7. The van der Waals surface area contributed by atoms with E-state index >= 15 is 0 Å². The van der Waals surface area contributed by atoms with Crippen LogP contribution in [0.4, 0.5) is 5.69 Å². The summed E-state index contributed by atoms with van der Waals surface area (Å²) in [6.45, 7) is 0. The van der Waals surface area contributed by atoms with E-state index in [4.69, 9.17) is 5.73 Å². The van der Waals surface area contributed by atoms with Gasteiger partial charge in [0.15, 0.2) is 5.69 Å². The average Bonchev–Trinajstić information content (AvgIpc) is 2.37. The molecule has 1 heterocycles. The van der Waals surface area contributed by atoms with Crippen molar-refractivity contribution >= 4 is 33.3 Å². The predicted octanol–water partition coefficient (Wildman–Crippen LogP) is 2.67. The molecule has 0 atom stereocenters. The Morgan fingerprint density at radius 3 is 2.61 bits per heavy atom. The molecule has 3 rings (SSSR count). The van der Waals surface area contributed by atoms with Gasteiger partial charge in [-0.2, -0.15) is 0 Å². The molecule has 0 fully saturated rings. The van der Waals surface area contributed by atoms with E-state index in [2.05, 4.69) is 4.98 Å². The van der Waals surface area contributed by atoms with E-state index in [1.807, 2.05) is 24.3 Å². The Labute approximate surface area is 103 Å². The molecule has 3 aromatic rings. The number of para-hydroxylation sites is 1. The van der Waals surface area contributed by atoms with Crippen molar-refractivity contribution in [3.63, 3.8) is 0 Å². The third-order valence-corrected chi connectivity index (χ3v) is 2.93. The third-order valence-electron chi connectivity index (χ3n) is 2.93. The van der Waals surface area contributed by atoms with Crippen molar-refractivity contribution < 1.29 is 9.90 Å². The SMILES string of the molecule is Nc1ccc2c(c1)c(C(=O)O)nc1ccccc12. The summed E-state index contributed by atoms with van der Waals surface area (Å²) in [7, 11) is 0. The van der Waals surface area contributed by atoms with Crippen LogP contribution in [-0.4, -0.2) is 16.1 Å². The molecule has 4 nitrogen and oxygen atoms in total. The van der Waals surface area contributed by atoms with Crippen LogP contribution in [0.3, 0.4) is 0 Å². The van der Waals surface area contributed by atoms with Crippen LogP contribution in [0.2, 0.25) is 0 Å². The van der Waals surface area contributed by atoms with E-state index in [0.29, 0.717) is 16.6 Å². The van der Waals surface area contributed by atoms with Gasteiger partial charge in [0.25, 0.3) is 0 Å². The Bertz CT molecular complexity index is 781. The number of nitrogen functional groups attached to an aromatic ring is 1. The quantitative estimate of drug-likeness (QED) is 0.504. The molecule has 1 aromatic heterocycles. The lowest BCUT2D eigenvalue weighted by molar-refractivity contribution is 0.0693. The second kappa shape index (κ2) is 3.70. The summed E-state index contributed by atoms with van der Waals surface area (Å²) in [5, 5.41) is 11.6. The second-order valence-electron chi connectivity index (χ2n) is 4.09. The average molecular weight is 238 g/mol. The number of carboxylic acids is 1. The Morgan fingerprint density at radius 1 is 1.06 bits per heavy atom. The van der Waals surface area contributed by atoms with Crippen LogP contribution in [0.25, 0.3) is 21.7 Å². The van der Waals surface area contributed by atoms with E-state index < -0.39 is 5.97 Å². The van der Waals surface area contributed by atoms with Crippen molar-refractivity contribution in [3.8, 4) is 0 Å². The van der Waals surface area contributed by atoms with Gasteiger partial charge in [-0.1, -0.05) is 24.3 Å². The Hall–Kier alpha value is -2.62. The van der Waals surface area contributed by atoms with E-state index in [0.717, 1.165) is 10.8 Å². The van der Waals surface area contributed by atoms with Crippen molar-refractivity contribution in [3.05, 3.63) is 48.2 Å². The first kappa shape index (κ1) is 10.5. The lowest BCUT2D eigenvalue weighted by atomic mass is 10.0. The lowest BCUT2D eigenvalue weighted by Gasteiger charge is -2.07. The van der Waals surface area contributed by atoms with Gasteiger partial charge in [0, 0.05) is 16.5 Å². The number of carbonyl (C=O) groups is 1. The maximum Gasteiger partial charge on any atom is 0.355 e. The predicted molar refractivity (Wildman–Crippen MR) is 70.6 cm³/mol. The van der Waals surface area contributed by atoms with E-state index in [9.17, 15) is 9.90 Å². The number of hydrogen-bond donors (Lipinski definition) is 2. The molecule has 3 N–H and O–H groups in total. The highest BCUT2D eigenvalue weighted by Gasteiger charge is 2.13. The number of benzene rings is 2. The summed E-state index contributed by atoms with van der Waals surface area (Å²) in [5.41, 5.74) is 6.96. The van der Waals surface area contributed by atoms with Crippen molar-refractivity contribution in [2.45, 2.75) is 0 Å². The number of nitrogens with zero attached hydrogens (tertiary/aromatic N) is 1. The molecule has 0 saturated heterocycles. The first-order valence-electron chi connectivity index (χ1n) is 5.48. The van der Waals surface area contributed by atoms with Gasteiger partial charge >= 0.3 is 5.97 Å². The molecule has 4 heteroatoms. The minimum Gasteiger partial charge on any atom is -0.476 e. The number of carboxylic acid groups (broad SMARTS) is 1. The molecule has 0 aliphatic rings. The van der Waals surface area contributed by atoms with Gasteiger partial charge in [-0.05, 0) is 23.6 Å². The first-order valence-corrected chi connectivity index (χ1v) is 5.48. The molecule has 0 spiro atoms. The smallest absolute Gasteiger partial charge is 0.355 e. The summed E-state index contributed by atoms with van der Waals surface area (Å²) in [5.74, 6) is -1.05. The highest BCUT2D eigenvalue weighted by Crippen LogP contribution is 2.27. The zero-order valence-corrected chi connectivity index (χ0v) is 9.42. The minimum atomic E-state index is -1.05. The van der Waals surface area contributed by atoms with Gasteiger partial charge in [-0.15, -0.1) is 0 Å². The zero-order valence-electron chi connectivity index (χ0n) is 9.42.